The fraction of sp³-hybridized carbons (Fsp3) is 0.353. The van der Waals surface area contributed by atoms with Gasteiger partial charge >= 0.3 is 6.09 Å². The molecular weight excluding hydrogens is 396 g/mol. The zero-order chi connectivity index (χ0) is 18.3. The van der Waals surface area contributed by atoms with Crippen molar-refractivity contribution in [2.24, 2.45) is 0 Å². The van der Waals surface area contributed by atoms with Gasteiger partial charge < -0.3 is 4.74 Å². The predicted octanol–water partition coefficient (Wildman–Crippen LogP) is 3.71. The molecule has 4 rings (SSSR count). The number of amides is 1. The third kappa shape index (κ3) is 3.11. The number of hydrogen-bond acceptors (Lipinski definition) is 5. The van der Waals surface area contributed by atoms with Gasteiger partial charge in [0.25, 0.3) is 0 Å². The van der Waals surface area contributed by atoms with E-state index in [4.69, 9.17) is 16.3 Å². The summed E-state index contributed by atoms with van der Waals surface area (Å²) in [6.07, 6.45) is 0.722. The molecule has 1 amide bonds. The van der Waals surface area contributed by atoms with Crippen molar-refractivity contribution in [3.63, 3.8) is 0 Å². The monoisotopic (exact) mass is 412 g/mol. The van der Waals surface area contributed by atoms with Crippen molar-refractivity contribution < 1.29 is 17.9 Å². The van der Waals surface area contributed by atoms with Crippen molar-refractivity contribution >= 4 is 44.7 Å². The van der Waals surface area contributed by atoms with Gasteiger partial charge in [-0.15, -0.1) is 0 Å². The number of cyclic esters (lactones) is 1. The van der Waals surface area contributed by atoms with Crippen molar-refractivity contribution in [3.8, 4) is 0 Å². The Kier molecular flexibility index (Phi) is 4.68. The molecule has 1 saturated heterocycles. The number of piperidine rings is 1. The van der Waals surface area contributed by atoms with Crippen molar-refractivity contribution in [1.82, 2.24) is 4.31 Å². The number of hydrogen-bond donors (Lipinski definition) is 0. The highest BCUT2D eigenvalue weighted by Gasteiger charge is 2.37. The van der Waals surface area contributed by atoms with E-state index in [9.17, 15) is 13.2 Å². The van der Waals surface area contributed by atoms with E-state index >= 15 is 0 Å². The van der Waals surface area contributed by atoms with Crippen LogP contribution in [0.4, 0.5) is 10.5 Å². The Balaban J connectivity index is 1.53. The van der Waals surface area contributed by atoms with Crippen LogP contribution in [-0.4, -0.2) is 37.9 Å². The molecule has 2 aliphatic rings. The van der Waals surface area contributed by atoms with Crippen LogP contribution in [0.15, 0.2) is 39.9 Å². The highest BCUT2D eigenvalue weighted by atomic mass is 35.5. The maximum atomic E-state index is 12.6. The maximum absolute atomic E-state index is 12.6. The SMILES string of the molecule is O=C1OCc2cc(Cl)ccc2N1C1CCN(S(=O)(=O)c2ccsc2)CC1. The van der Waals surface area contributed by atoms with Gasteiger partial charge in [0, 0.05) is 35.1 Å². The highest BCUT2D eigenvalue weighted by Crippen LogP contribution is 2.34. The van der Waals surface area contributed by atoms with Crippen LogP contribution in [0.25, 0.3) is 0 Å². The second-order valence-corrected chi connectivity index (χ2v) is 9.45. The first-order valence-corrected chi connectivity index (χ1v) is 11.0. The Bertz CT molecular complexity index is 922. The molecule has 1 aromatic carbocycles. The van der Waals surface area contributed by atoms with Gasteiger partial charge in [0.15, 0.2) is 0 Å². The van der Waals surface area contributed by atoms with Gasteiger partial charge in [-0.25, -0.2) is 13.2 Å². The molecule has 138 valence electrons. The molecule has 6 nitrogen and oxygen atoms in total. The summed E-state index contributed by atoms with van der Waals surface area (Å²) in [5, 5.41) is 3.99. The Hall–Kier alpha value is -1.61. The normalized spacial score (nSPS) is 19.3. The Morgan fingerprint density at radius 3 is 2.65 bits per heavy atom. The number of ether oxygens (including phenoxy) is 1. The minimum atomic E-state index is -3.46. The summed E-state index contributed by atoms with van der Waals surface area (Å²) in [5.41, 5.74) is 1.66. The molecule has 0 aliphatic carbocycles. The van der Waals surface area contributed by atoms with Gasteiger partial charge in [-0.2, -0.15) is 15.6 Å². The van der Waals surface area contributed by atoms with Gasteiger partial charge in [0.05, 0.1) is 10.6 Å². The first-order valence-electron chi connectivity index (χ1n) is 8.23. The van der Waals surface area contributed by atoms with Crippen LogP contribution in [0.3, 0.4) is 0 Å². The number of sulfonamides is 1. The molecule has 2 aromatic rings. The van der Waals surface area contributed by atoms with E-state index in [0.717, 1.165) is 11.3 Å². The minimum absolute atomic E-state index is 0.100. The van der Waals surface area contributed by atoms with E-state index in [1.807, 2.05) is 6.07 Å². The lowest BCUT2D eigenvalue weighted by Gasteiger charge is -2.39. The quantitative estimate of drug-likeness (QED) is 0.770. The van der Waals surface area contributed by atoms with Gasteiger partial charge in [0.1, 0.15) is 6.61 Å². The number of fused-ring (bicyclic) bond motifs is 1. The molecule has 0 unspecified atom stereocenters. The number of carbonyl (C=O) groups excluding carboxylic acids is 1. The summed E-state index contributed by atoms with van der Waals surface area (Å²) in [6.45, 7) is 0.946. The van der Waals surface area contributed by atoms with E-state index in [0.29, 0.717) is 35.8 Å². The van der Waals surface area contributed by atoms with E-state index in [1.54, 1.807) is 33.9 Å². The van der Waals surface area contributed by atoms with Crippen LogP contribution in [0.2, 0.25) is 5.02 Å². The molecule has 26 heavy (non-hydrogen) atoms. The lowest BCUT2D eigenvalue weighted by Crippen LogP contribution is -2.50. The number of thiophene rings is 1. The van der Waals surface area contributed by atoms with Crippen molar-refractivity contribution in [2.45, 2.75) is 30.4 Å². The summed E-state index contributed by atoms with van der Waals surface area (Å²) < 4.78 is 32.1. The minimum Gasteiger partial charge on any atom is -0.444 e. The van der Waals surface area contributed by atoms with E-state index in [2.05, 4.69) is 0 Å². The fourth-order valence-corrected chi connectivity index (χ4v) is 6.13. The van der Waals surface area contributed by atoms with Crippen LogP contribution in [0.1, 0.15) is 18.4 Å². The Morgan fingerprint density at radius 2 is 1.96 bits per heavy atom. The number of benzene rings is 1. The number of carbonyl (C=O) groups is 1. The average molecular weight is 413 g/mol. The summed E-state index contributed by atoms with van der Waals surface area (Å²) in [5.74, 6) is 0. The highest BCUT2D eigenvalue weighted by molar-refractivity contribution is 7.89. The van der Waals surface area contributed by atoms with Crippen molar-refractivity contribution in [3.05, 3.63) is 45.6 Å². The molecule has 0 N–H and O–H groups in total. The van der Waals surface area contributed by atoms with Crippen LogP contribution in [0.5, 0.6) is 0 Å². The molecular formula is C17H17ClN2O4S2. The molecule has 0 atom stereocenters. The van der Waals surface area contributed by atoms with Gasteiger partial charge in [-0.05, 0) is 42.5 Å². The lowest BCUT2D eigenvalue weighted by atomic mass is 10.0. The fourth-order valence-electron chi connectivity index (χ4n) is 3.45. The molecule has 2 aliphatic heterocycles. The Labute approximate surface area is 161 Å². The topological polar surface area (TPSA) is 66.9 Å². The zero-order valence-corrected chi connectivity index (χ0v) is 16.2. The van der Waals surface area contributed by atoms with E-state index < -0.39 is 10.0 Å². The molecule has 1 aromatic heterocycles. The molecule has 0 radical (unpaired) electrons. The molecule has 1 fully saturated rings. The first kappa shape index (κ1) is 17.8. The zero-order valence-electron chi connectivity index (χ0n) is 13.8. The maximum Gasteiger partial charge on any atom is 0.414 e. The third-order valence-electron chi connectivity index (χ3n) is 4.77. The van der Waals surface area contributed by atoms with E-state index in [1.165, 1.54) is 15.6 Å². The summed E-state index contributed by atoms with van der Waals surface area (Å²) in [6, 6.07) is 6.89. The number of rotatable bonds is 3. The second kappa shape index (κ2) is 6.84. The van der Waals surface area contributed by atoms with Gasteiger partial charge in [-0.3, -0.25) is 4.90 Å². The number of halogens is 1. The van der Waals surface area contributed by atoms with Crippen molar-refractivity contribution in [1.29, 1.82) is 0 Å². The predicted molar refractivity (Wildman–Crippen MR) is 100 cm³/mol. The largest absolute Gasteiger partial charge is 0.444 e. The Morgan fingerprint density at radius 1 is 1.19 bits per heavy atom. The van der Waals surface area contributed by atoms with Gasteiger partial charge in [0.2, 0.25) is 10.0 Å². The average Bonchev–Trinajstić information content (AvgIpc) is 3.17. The number of anilines is 1. The van der Waals surface area contributed by atoms with Gasteiger partial charge in [-0.1, -0.05) is 11.6 Å². The summed E-state index contributed by atoms with van der Waals surface area (Å²) >= 11 is 7.39. The summed E-state index contributed by atoms with van der Waals surface area (Å²) in [7, 11) is -3.46. The number of nitrogens with zero attached hydrogens (tertiary/aromatic N) is 2. The smallest absolute Gasteiger partial charge is 0.414 e. The molecule has 0 bridgehead atoms. The van der Waals surface area contributed by atoms with E-state index in [-0.39, 0.29) is 18.7 Å². The standard InChI is InChI=1S/C17H17ClN2O4S2/c18-13-1-2-16-12(9-13)10-24-17(21)20(16)14-3-6-19(7-4-14)26(22,23)15-5-8-25-11-15/h1-2,5,8-9,11,14H,3-4,6-7,10H2. The molecule has 0 spiro atoms. The van der Waals surface area contributed by atoms with Crippen molar-refractivity contribution in [2.75, 3.05) is 18.0 Å². The van der Waals surface area contributed by atoms with Crippen LogP contribution in [0, 0.1) is 0 Å². The molecule has 3 heterocycles. The molecule has 9 heteroatoms. The summed E-state index contributed by atoms with van der Waals surface area (Å²) in [4.78, 5) is 14.3. The van der Waals surface area contributed by atoms with Crippen LogP contribution >= 0.6 is 22.9 Å². The third-order valence-corrected chi connectivity index (χ3v) is 7.73. The first-order chi connectivity index (χ1) is 12.5. The molecule has 0 saturated carbocycles. The van der Waals surface area contributed by atoms with Crippen LogP contribution < -0.4 is 4.90 Å². The van der Waals surface area contributed by atoms with Crippen LogP contribution in [-0.2, 0) is 21.4 Å². The lowest BCUT2D eigenvalue weighted by molar-refractivity contribution is 0.136. The second-order valence-electron chi connectivity index (χ2n) is 6.29.